The summed E-state index contributed by atoms with van der Waals surface area (Å²) < 4.78 is 25.8. The normalized spacial score (nSPS) is 10.3. The van der Waals surface area contributed by atoms with Crippen molar-refractivity contribution in [2.24, 2.45) is 0 Å². The van der Waals surface area contributed by atoms with E-state index in [0.29, 0.717) is 16.4 Å². The minimum absolute atomic E-state index is 0.0155. The van der Waals surface area contributed by atoms with Crippen LogP contribution >= 0.6 is 11.6 Å². The van der Waals surface area contributed by atoms with Crippen LogP contribution in [0.1, 0.15) is 10.4 Å². The van der Waals surface area contributed by atoms with Gasteiger partial charge in [0.05, 0.1) is 11.4 Å². The number of anilines is 2. The van der Waals surface area contributed by atoms with Gasteiger partial charge >= 0.3 is 0 Å². The fraction of sp³-hybridized carbons (Fsp3) is 0. The Morgan fingerprint density at radius 3 is 2.53 bits per heavy atom. The first-order chi connectivity index (χ1) is 8.97. The molecule has 0 heterocycles. The Morgan fingerprint density at radius 2 is 1.84 bits per heavy atom. The predicted octanol–water partition coefficient (Wildman–Crippen LogP) is 3.45. The second-order valence-electron chi connectivity index (χ2n) is 3.81. The van der Waals surface area contributed by atoms with Gasteiger partial charge < -0.3 is 11.1 Å². The van der Waals surface area contributed by atoms with Gasteiger partial charge in [0.1, 0.15) is 0 Å². The fourth-order valence-electron chi connectivity index (χ4n) is 1.47. The van der Waals surface area contributed by atoms with Crippen LogP contribution in [0.2, 0.25) is 5.02 Å². The van der Waals surface area contributed by atoms with Gasteiger partial charge in [-0.2, -0.15) is 0 Å². The fourth-order valence-corrected chi connectivity index (χ4v) is 1.64. The third-order valence-corrected chi connectivity index (χ3v) is 2.68. The van der Waals surface area contributed by atoms with Crippen LogP contribution in [0.25, 0.3) is 0 Å². The van der Waals surface area contributed by atoms with Gasteiger partial charge in [-0.05, 0) is 36.4 Å². The van der Waals surface area contributed by atoms with Crippen LogP contribution in [0.3, 0.4) is 0 Å². The molecule has 0 bridgehead atoms. The molecule has 0 aliphatic rings. The van der Waals surface area contributed by atoms with Crippen LogP contribution in [-0.2, 0) is 0 Å². The van der Waals surface area contributed by atoms with Crippen molar-refractivity contribution in [3.05, 3.63) is 58.6 Å². The molecule has 0 aromatic heterocycles. The first-order valence-electron chi connectivity index (χ1n) is 5.29. The summed E-state index contributed by atoms with van der Waals surface area (Å²) in [5.74, 6) is -2.71. The van der Waals surface area contributed by atoms with Gasteiger partial charge in [-0.25, -0.2) is 8.78 Å². The third-order valence-electron chi connectivity index (χ3n) is 2.45. The number of carbonyl (C=O) groups is 1. The maximum atomic E-state index is 13.0. The van der Waals surface area contributed by atoms with Crippen LogP contribution in [0.15, 0.2) is 36.4 Å². The number of carbonyl (C=O) groups excluding carboxylic acids is 1. The van der Waals surface area contributed by atoms with Crippen molar-refractivity contribution in [1.82, 2.24) is 0 Å². The van der Waals surface area contributed by atoms with Gasteiger partial charge in [0.2, 0.25) is 0 Å². The molecule has 0 aliphatic carbocycles. The van der Waals surface area contributed by atoms with E-state index >= 15 is 0 Å². The van der Waals surface area contributed by atoms with E-state index in [0.717, 1.165) is 12.1 Å². The Bertz CT molecular complexity index is 647. The lowest BCUT2D eigenvalue weighted by Gasteiger charge is -2.08. The lowest BCUT2D eigenvalue weighted by Crippen LogP contribution is -2.13. The van der Waals surface area contributed by atoms with Crippen molar-refractivity contribution in [2.75, 3.05) is 11.1 Å². The van der Waals surface area contributed by atoms with Crippen LogP contribution in [0.5, 0.6) is 0 Å². The number of halogens is 3. The van der Waals surface area contributed by atoms with Gasteiger partial charge in [-0.3, -0.25) is 4.79 Å². The molecule has 0 fully saturated rings. The molecule has 2 rings (SSSR count). The minimum atomic E-state index is -1.09. The monoisotopic (exact) mass is 282 g/mol. The van der Waals surface area contributed by atoms with Crippen LogP contribution in [-0.4, -0.2) is 5.91 Å². The molecular formula is C13H9ClF2N2O. The smallest absolute Gasteiger partial charge is 0.255 e. The Morgan fingerprint density at radius 1 is 1.11 bits per heavy atom. The maximum Gasteiger partial charge on any atom is 0.255 e. The molecule has 0 atom stereocenters. The van der Waals surface area contributed by atoms with Crippen molar-refractivity contribution in [3.8, 4) is 0 Å². The first-order valence-corrected chi connectivity index (χ1v) is 5.66. The van der Waals surface area contributed by atoms with E-state index in [9.17, 15) is 13.6 Å². The summed E-state index contributed by atoms with van der Waals surface area (Å²) in [5, 5.41) is 2.87. The topological polar surface area (TPSA) is 55.1 Å². The van der Waals surface area contributed by atoms with Crippen LogP contribution in [0.4, 0.5) is 20.2 Å². The number of hydrogen-bond donors (Lipinski definition) is 2. The quantitative estimate of drug-likeness (QED) is 0.829. The summed E-state index contributed by atoms with van der Waals surface area (Å²) in [7, 11) is 0. The van der Waals surface area contributed by atoms with Gasteiger partial charge in [0.15, 0.2) is 11.6 Å². The van der Waals surface area contributed by atoms with Crippen molar-refractivity contribution in [3.63, 3.8) is 0 Å². The Kier molecular flexibility index (Phi) is 3.66. The molecule has 0 saturated carbocycles. The number of amides is 1. The summed E-state index contributed by atoms with van der Waals surface area (Å²) >= 11 is 5.78. The number of benzene rings is 2. The molecule has 1 amide bonds. The van der Waals surface area contributed by atoms with E-state index in [4.69, 9.17) is 17.3 Å². The summed E-state index contributed by atoms with van der Waals surface area (Å²) in [6.07, 6.45) is 0. The molecule has 0 spiro atoms. The lowest BCUT2D eigenvalue weighted by atomic mass is 10.2. The average Bonchev–Trinajstić information content (AvgIpc) is 2.37. The molecule has 0 aliphatic heterocycles. The zero-order valence-electron chi connectivity index (χ0n) is 9.58. The van der Waals surface area contributed by atoms with Crippen molar-refractivity contribution in [1.29, 1.82) is 0 Å². The molecule has 2 aromatic rings. The van der Waals surface area contributed by atoms with E-state index in [-0.39, 0.29) is 5.56 Å². The molecule has 6 heteroatoms. The summed E-state index contributed by atoms with van der Waals surface area (Å²) in [5.41, 5.74) is 6.27. The Labute approximate surface area is 113 Å². The Balaban J connectivity index is 2.25. The summed E-state index contributed by atoms with van der Waals surface area (Å²) in [4.78, 5) is 11.8. The number of nitrogens with one attached hydrogen (secondary N) is 1. The number of nitrogens with two attached hydrogens (primary N) is 1. The highest BCUT2D eigenvalue weighted by Crippen LogP contribution is 2.23. The van der Waals surface area contributed by atoms with E-state index in [2.05, 4.69) is 5.32 Å². The molecule has 3 nitrogen and oxygen atoms in total. The molecule has 98 valence electrons. The molecule has 0 radical (unpaired) electrons. The number of rotatable bonds is 2. The zero-order chi connectivity index (χ0) is 14.0. The Hall–Kier alpha value is -2.14. The van der Waals surface area contributed by atoms with Gasteiger partial charge in [0, 0.05) is 10.6 Å². The zero-order valence-corrected chi connectivity index (χ0v) is 10.3. The molecular weight excluding hydrogens is 274 g/mol. The van der Waals surface area contributed by atoms with Crippen LogP contribution in [0, 0.1) is 11.6 Å². The standard InChI is InChI=1S/C13H9ClF2N2O/c14-8-2-4-11(17)12(6-8)18-13(19)7-1-3-9(15)10(16)5-7/h1-6H,17H2,(H,18,19). The highest BCUT2D eigenvalue weighted by atomic mass is 35.5. The number of nitrogen functional groups attached to an aromatic ring is 1. The second kappa shape index (κ2) is 5.24. The average molecular weight is 283 g/mol. The maximum absolute atomic E-state index is 13.0. The highest BCUT2D eigenvalue weighted by Gasteiger charge is 2.11. The summed E-state index contributed by atoms with van der Waals surface area (Å²) in [6.45, 7) is 0. The van der Waals surface area contributed by atoms with Crippen LogP contribution < -0.4 is 11.1 Å². The third kappa shape index (κ3) is 3.00. The van der Waals surface area contributed by atoms with E-state index in [1.165, 1.54) is 18.2 Å². The van der Waals surface area contributed by atoms with E-state index in [1.807, 2.05) is 0 Å². The van der Waals surface area contributed by atoms with Gasteiger partial charge in [0.25, 0.3) is 5.91 Å². The second-order valence-corrected chi connectivity index (χ2v) is 4.25. The lowest BCUT2D eigenvalue weighted by molar-refractivity contribution is 0.102. The van der Waals surface area contributed by atoms with E-state index in [1.54, 1.807) is 6.07 Å². The number of hydrogen-bond acceptors (Lipinski definition) is 2. The van der Waals surface area contributed by atoms with Gasteiger partial charge in [-0.15, -0.1) is 0 Å². The largest absolute Gasteiger partial charge is 0.397 e. The first kappa shape index (κ1) is 13.3. The highest BCUT2D eigenvalue weighted by molar-refractivity contribution is 6.31. The molecule has 2 aromatic carbocycles. The molecule has 19 heavy (non-hydrogen) atoms. The SMILES string of the molecule is Nc1ccc(Cl)cc1NC(=O)c1ccc(F)c(F)c1. The van der Waals surface area contributed by atoms with Crippen molar-refractivity contribution >= 4 is 28.9 Å². The summed E-state index contributed by atoms with van der Waals surface area (Å²) in [6, 6.07) is 7.44. The van der Waals surface area contributed by atoms with Gasteiger partial charge in [-0.1, -0.05) is 11.6 Å². The predicted molar refractivity (Wildman–Crippen MR) is 70.2 cm³/mol. The van der Waals surface area contributed by atoms with Crippen molar-refractivity contribution < 1.29 is 13.6 Å². The van der Waals surface area contributed by atoms with Crippen molar-refractivity contribution in [2.45, 2.75) is 0 Å². The molecule has 0 unspecified atom stereocenters. The molecule has 3 N–H and O–H groups in total. The molecule has 0 saturated heterocycles. The minimum Gasteiger partial charge on any atom is -0.397 e. The van der Waals surface area contributed by atoms with E-state index < -0.39 is 17.5 Å².